The van der Waals surface area contributed by atoms with E-state index in [-0.39, 0.29) is 0 Å². The van der Waals surface area contributed by atoms with Crippen molar-refractivity contribution in [1.82, 2.24) is 4.98 Å². The Hall–Kier alpha value is -1.19. The molecule has 74 valence electrons. The fraction of sp³-hybridized carbons (Fsp3) is 0.0833. The molecule has 0 unspecified atom stereocenters. The van der Waals surface area contributed by atoms with E-state index in [0.717, 1.165) is 11.4 Å². The fourth-order valence-corrected chi connectivity index (χ4v) is 3.36. The molecule has 15 heavy (non-hydrogen) atoms. The molecule has 3 heteroatoms. The zero-order chi connectivity index (χ0) is 10.3. The number of nitrogens with zero attached hydrogens (tertiary/aromatic N) is 1. The Balaban J connectivity index is 2.38. The zero-order valence-corrected chi connectivity index (χ0v) is 9.86. The summed E-state index contributed by atoms with van der Waals surface area (Å²) in [5.41, 5.74) is 2.22. The topological polar surface area (TPSA) is 12.9 Å². The number of fused-ring (bicyclic) bond motifs is 1. The van der Waals surface area contributed by atoms with Crippen molar-refractivity contribution in [2.45, 2.75) is 6.92 Å². The van der Waals surface area contributed by atoms with E-state index in [2.05, 4.69) is 40.0 Å². The molecule has 0 aromatic carbocycles. The van der Waals surface area contributed by atoms with Gasteiger partial charge >= 0.3 is 0 Å². The number of hydrogen-bond donors (Lipinski definition) is 0. The number of hydrogen-bond acceptors (Lipinski definition) is 3. The Labute approximate surface area is 96.0 Å². The van der Waals surface area contributed by atoms with Gasteiger partial charge in [-0.05, 0) is 41.3 Å². The molecule has 0 aliphatic carbocycles. The van der Waals surface area contributed by atoms with Crippen molar-refractivity contribution in [3.05, 3.63) is 40.7 Å². The lowest BCUT2D eigenvalue weighted by Crippen LogP contribution is -1.84. The van der Waals surface area contributed by atoms with E-state index in [1.54, 1.807) is 22.7 Å². The molecule has 0 aliphatic rings. The van der Waals surface area contributed by atoms with Gasteiger partial charge in [0.2, 0.25) is 0 Å². The molecule has 0 fully saturated rings. The largest absolute Gasteiger partial charge is 0.251 e. The SMILES string of the molecule is Cc1cc2ccsc2c(-c2cccs2)n1. The smallest absolute Gasteiger partial charge is 0.0982 e. The van der Waals surface area contributed by atoms with E-state index in [9.17, 15) is 0 Å². The third-order valence-corrected chi connectivity index (χ3v) is 4.13. The molecule has 0 spiro atoms. The molecule has 0 amide bonds. The van der Waals surface area contributed by atoms with Crippen LogP contribution in [0.4, 0.5) is 0 Å². The van der Waals surface area contributed by atoms with Gasteiger partial charge in [0.1, 0.15) is 0 Å². The maximum atomic E-state index is 4.64. The molecule has 0 atom stereocenters. The summed E-state index contributed by atoms with van der Waals surface area (Å²) in [6.45, 7) is 2.05. The molecule has 0 saturated carbocycles. The first kappa shape index (κ1) is 9.07. The van der Waals surface area contributed by atoms with Crippen LogP contribution in [-0.4, -0.2) is 4.98 Å². The maximum Gasteiger partial charge on any atom is 0.0982 e. The van der Waals surface area contributed by atoms with Gasteiger partial charge in [-0.25, -0.2) is 0 Å². The third kappa shape index (κ3) is 1.48. The molecular weight excluding hydrogens is 222 g/mol. The van der Waals surface area contributed by atoms with Crippen molar-refractivity contribution in [3.63, 3.8) is 0 Å². The van der Waals surface area contributed by atoms with Gasteiger partial charge in [0.15, 0.2) is 0 Å². The first-order valence-corrected chi connectivity index (χ1v) is 6.49. The number of pyridine rings is 1. The minimum absolute atomic E-state index is 1.09. The van der Waals surface area contributed by atoms with Crippen LogP contribution in [0.2, 0.25) is 0 Å². The fourth-order valence-electron chi connectivity index (χ4n) is 1.69. The van der Waals surface area contributed by atoms with Crippen LogP contribution in [0.15, 0.2) is 35.0 Å². The Morgan fingerprint density at radius 2 is 2.07 bits per heavy atom. The van der Waals surface area contributed by atoms with Crippen molar-refractivity contribution in [1.29, 1.82) is 0 Å². The molecule has 0 radical (unpaired) electrons. The molecule has 1 nitrogen and oxygen atoms in total. The predicted molar refractivity (Wildman–Crippen MR) is 67.7 cm³/mol. The van der Waals surface area contributed by atoms with Gasteiger partial charge in [-0.1, -0.05) is 6.07 Å². The van der Waals surface area contributed by atoms with Crippen molar-refractivity contribution < 1.29 is 0 Å². The van der Waals surface area contributed by atoms with Crippen molar-refractivity contribution >= 4 is 32.8 Å². The van der Waals surface area contributed by atoms with Crippen LogP contribution in [0.1, 0.15) is 5.69 Å². The molecular formula is C12H9NS2. The highest BCUT2D eigenvalue weighted by Gasteiger charge is 2.08. The molecule has 0 bridgehead atoms. The van der Waals surface area contributed by atoms with Crippen molar-refractivity contribution in [2.24, 2.45) is 0 Å². The molecule has 0 saturated heterocycles. The zero-order valence-electron chi connectivity index (χ0n) is 8.23. The van der Waals surface area contributed by atoms with E-state index >= 15 is 0 Å². The van der Waals surface area contributed by atoms with Gasteiger partial charge in [0, 0.05) is 5.69 Å². The molecule has 0 aliphatic heterocycles. The van der Waals surface area contributed by atoms with Gasteiger partial charge in [-0.15, -0.1) is 22.7 Å². The van der Waals surface area contributed by atoms with Gasteiger partial charge in [-0.2, -0.15) is 0 Å². The van der Waals surface area contributed by atoms with E-state index in [4.69, 9.17) is 0 Å². The van der Waals surface area contributed by atoms with Gasteiger partial charge in [0.25, 0.3) is 0 Å². The second kappa shape index (κ2) is 3.43. The minimum atomic E-state index is 1.09. The van der Waals surface area contributed by atoms with Crippen molar-refractivity contribution in [2.75, 3.05) is 0 Å². The number of rotatable bonds is 1. The highest BCUT2D eigenvalue weighted by atomic mass is 32.1. The monoisotopic (exact) mass is 231 g/mol. The third-order valence-electron chi connectivity index (χ3n) is 2.32. The Morgan fingerprint density at radius 1 is 1.13 bits per heavy atom. The quantitative estimate of drug-likeness (QED) is 0.607. The van der Waals surface area contributed by atoms with Gasteiger partial charge < -0.3 is 0 Å². The van der Waals surface area contributed by atoms with E-state index in [1.807, 2.05) is 6.92 Å². The second-order valence-corrected chi connectivity index (χ2v) is 5.29. The summed E-state index contributed by atoms with van der Waals surface area (Å²) in [6, 6.07) is 8.50. The highest BCUT2D eigenvalue weighted by Crippen LogP contribution is 2.33. The minimum Gasteiger partial charge on any atom is -0.251 e. The molecule has 3 heterocycles. The summed E-state index contributed by atoms with van der Waals surface area (Å²) in [6.07, 6.45) is 0. The lowest BCUT2D eigenvalue weighted by atomic mass is 10.2. The van der Waals surface area contributed by atoms with Crippen LogP contribution in [0.3, 0.4) is 0 Å². The van der Waals surface area contributed by atoms with E-state index in [1.165, 1.54) is 15.0 Å². The number of aromatic nitrogens is 1. The van der Waals surface area contributed by atoms with Crippen molar-refractivity contribution in [3.8, 4) is 10.6 Å². The van der Waals surface area contributed by atoms with Gasteiger partial charge in [-0.3, -0.25) is 4.98 Å². The summed E-state index contributed by atoms with van der Waals surface area (Å²) in [5, 5.41) is 5.53. The summed E-state index contributed by atoms with van der Waals surface area (Å²) in [7, 11) is 0. The summed E-state index contributed by atoms with van der Waals surface area (Å²) >= 11 is 3.51. The maximum absolute atomic E-state index is 4.64. The van der Waals surface area contributed by atoms with Gasteiger partial charge in [0.05, 0.1) is 15.3 Å². The lowest BCUT2D eigenvalue weighted by molar-refractivity contribution is 1.24. The lowest BCUT2D eigenvalue weighted by Gasteiger charge is -2.01. The molecule has 3 aromatic heterocycles. The second-order valence-electron chi connectivity index (χ2n) is 3.43. The first-order valence-electron chi connectivity index (χ1n) is 4.73. The Bertz CT molecular complexity index is 593. The number of thiophene rings is 2. The van der Waals surface area contributed by atoms with Crippen LogP contribution in [0, 0.1) is 6.92 Å². The highest BCUT2D eigenvalue weighted by molar-refractivity contribution is 7.19. The normalized spacial score (nSPS) is 11.0. The van der Waals surface area contributed by atoms with Crippen LogP contribution in [-0.2, 0) is 0 Å². The van der Waals surface area contributed by atoms with E-state index in [0.29, 0.717) is 0 Å². The first-order chi connectivity index (χ1) is 7.34. The van der Waals surface area contributed by atoms with Crippen LogP contribution >= 0.6 is 22.7 Å². The Morgan fingerprint density at radius 3 is 2.87 bits per heavy atom. The summed E-state index contributed by atoms with van der Waals surface area (Å²) < 4.78 is 1.29. The summed E-state index contributed by atoms with van der Waals surface area (Å²) in [5.74, 6) is 0. The molecule has 0 N–H and O–H groups in total. The summed E-state index contributed by atoms with van der Waals surface area (Å²) in [4.78, 5) is 5.89. The standard InChI is InChI=1S/C12H9NS2/c1-8-7-9-4-6-15-12(9)11(13-8)10-3-2-5-14-10/h2-7H,1H3. The average molecular weight is 231 g/mol. The predicted octanol–water partition coefficient (Wildman–Crippen LogP) is 4.33. The van der Waals surface area contributed by atoms with Crippen LogP contribution in [0.5, 0.6) is 0 Å². The molecule has 3 aromatic rings. The van der Waals surface area contributed by atoms with E-state index < -0.39 is 0 Å². The van der Waals surface area contributed by atoms with Crippen LogP contribution < -0.4 is 0 Å². The Kier molecular flexibility index (Phi) is 2.08. The average Bonchev–Trinajstić information content (AvgIpc) is 2.86. The molecule has 3 rings (SSSR count). The number of aryl methyl sites for hydroxylation is 1. The van der Waals surface area contributed by atoms with Crippen LogP contribution in [0.25, 0.3) is 20.7 Å².